The Morgan fingerprint density at radius 2 is 1.83 bits per heavy atom. The molecule has 1 saturated heterocycles. The van der Waals surface area contributed by atoms with Crippen molar-refractivity contribution in [1.82, 2.24) is 5.43 Å². The summed E-state index contributed by atoms with van der Waals surface area (Å²) in [5.74, 6) is 2.16. The van der Waals surface area contributed by atoms with Crippen LogP contribution < -0.4 is 14.5 Å². The molecular formula is C26H27N3O4S2. The highest BCUT2D eigenvalue weighted by molar-refractivity contribution is 8.00. The molecule has 0 aliphatic carbocycles. The second kappa shape index (κ2) is 11.0. The van der Waals surface area contributed by atoms with E-state index in [2.05, 4.69) is 10.5 Å². The summed E-state index contributed by atoms with van der Waals surface area (Å²) in [5.41, 5.74) is 5.33. The van der Waals surface area contributed by atoms with E-state index in [-0.39, 0.29) is 11.0 Å². The Morgan fingerprint density at radius 1 is 1.09 bits per heavy atom. The smallest absolute Gasteiger partial charge is 0.264 e. The van der Waals surface area contributed by atoms with Crippen molar-refractivity contribution < 1.29 is 17.9 Å². The molecule has 0 atom stereocenters. The highest BCUT2D eigenvalue weighted by Gasteiger charge is 2.28. The molecule has 3 aromatic carbocycles. The van der Waals surface area contributed by atoms with Crippen LogP contribution in [-0.2, 0) is 14.8 Å². The van der Waals surface area contributed by atoms with E-state index in [1.165, 1.54) is 6.21 Å². The van der Waals surface area contributed by atoms with E-state index in [0.29, 0.717) is 5.69 Å². The summed E-state index contributed by atoms with van der Waals surface area (Å²) in [5, 5.41) is 4.03. The number of anilines is 1. The second-order valence-corrected chi connectivity index (χ2v) is 11.2. The first-order valence-corrected chi connectivity index (χ1v) is 13.7. The summed E-state index contributed by atoms with van der Waals surface area (Å²) in [6.07, 6.45) is 1.74. The third-order valence-electron chi connectivity index (χ3n) is 5.45. The molecule has 7 nitrogen and oxygen atoms in total. The zero-order valence-corrected chi connectivity index (χ0v) is 21.2. The minimum Gasteiger partial charge on any atom is -0.489 e. The highest BCUT2D eigenvalue weighted by atomic mass is 32.2. The number of amides is 1. The molecule has 4 rings (SSSR count). The number of hydrazone groups is 1. The van der Waals surface area contributed by atoms with Gasteiger partial charge in [0.15, 0.2) is 0 Å². The number of para-hydroxylation sites is 1. The number of carbonyl (C=O) groups excluding carboxylic acids is 1. The number of rotatable bonds is 9. The van der Waals surface area contributed by atoms with Gasteiger partial charge in [0, 0.05) is 11.5 Å². The summed E-state index contributed by atoms with van der Waals surface area (Å²) in [4.78, 5) is 12.9. The Bertz CT molecular complexity index is 1320. The molecule has 0 bridgehead atoms. The van der Waals surface area contributed by atoms with Gasteiger partial charge in [-0.05, 0) is 55.3 Å². The van der Waals surface area contributed by atoms with E-state index in [1.807, 2.05) is 49.0 Å². The van der Waals surface area contributed by atoms with Crippen LogP contribution in [0.4, 0.5) is 5.69 Å². The van der Waals surface area contributed by atoms with Gasteiger partial charge < -0.3 is 4.74 Å². The lowest BCUT2D eigenvalue weighted by Gasteiger charge is -2.25. The molecule has 0 unspecified atom stereocenters. The highest BCUT2D eigenvalue weighted by Crippen LogP contribution is 2.27. The van der Waals surface area contributed by atoms with Crippen molar-refractivity contribution in [1.29, 1.82) is 0 Å². The monoisotopic (exact) mass is 509 g/mol. The lowest BCUT2D eigenvalue weighted by molar-refractivity contribution is -0.119. The van der Waals surface area contributed by atoms with Crippen LogP contribution in [0.1, 0.15) is 16.7 Å². The van der Waals surface area contributed by atoms with Gasteiger partial charge in [-0.1, -0.05) is 48.0 Å². The molecule has 0 radical (unpaired) electrons. The number of benzene rings is 3. The fourth-order valence-electron chi connectivity index (χ4n) is 3.47. The van der Waals surface area contributed by atoms with Gasteiger partial charge in [-0.15, -0.1) is 0 Å². The first kappa shape index (κ1) is 24.8. The Kier molecular flexibility index (Phi) is 7.77. The van der Waals surface area contributed by atoms with Gasteiger partial charge >= 0.3 is 0 Å². The van der Waals surface area contributed by atoms with E-state index in [0.717, 1.165) is 38.3 Å². The van der Waals surface area contributed by atoms with Crippen LogP contribution in [0.25, 0.3) is 0 Å². The maximum atomic E-state index is 13.5. The SMILES string of the molecule is Cc1ccc(S(=O)(=O)N(CC(=O)N/N=C\c2cccc(OC3CSC3)c2)c2ccccc2C)cc1. The number of nitrogens with zero attached hydrogens (tertiary/aromatic N) is 2. The first-order valence-electron chi connectivity index (χ1n) is 11.1. The number of hydrogen-bond donors (Lipinski definition) is 1. The van der Waals surface area contributed by atoms with Gasteiger partial charge in [0.05, 0.1) is 16.8 Å². The summed E-state index contributed by atoms with van der Waals surface area (Å²) >= 11 is 1.84. The van der Waals surface area contributed by atoms with Crippen molar-refractivity contribution in [3.63, 3.8) is 0 Å². The summed E-state index contributed by atoms with van der Waals surface area (Å²) in [6, 6.07) is 21.0. The summed E-state index contributed by atoms with van der Waals surface area (Å²) in [7, 11) is -3.98. The molecule has 1 aliphatic heterocycles. The van der Waals surface area contributed by atoms with Crippen LogP contribution in [0, 0.1) is 13.8 Å². The number of thioether (sulfide) groups is 1. The van der Waals surface area contributed by atoms with Crippen LogP contribution in [0.2, 0.25) is 0 Å². The summed E-state index contributed by atoms with van der Waals surface area (Å²) in [6.45, 7) is 3.27. The molecule has 35 heavy (non-hydrogen) atoms. The van der Waals surface area contributed by atoms with E-state index in [1.54, 1.807) is 49.4 Å². The number of aryl methyl sites for hydroxylation is 2. The zero-order valence-electron chi connectivity index (χ0n) is 19.5. The number of nitrogens with one attached hydrogen (secondary N) is 1. The molecule has 1 amide bonds. The predicted octanol–water partition coefficient (Wildman–Crippen LogP) is 4.14. The number of sulfonamides is 1. The molecule has 3 aromatic rings. The summed E-state index contributed by atoms with van der Waals surface area (Å²) < 4.78 is 33.9. The van der Waals surface area contributed by atoms with E-state index < -0.39 is 22.5 Å². The van der Waals surface area contributed by atoms with Crippen molar-refractivity contribution in [2.45, 2.75) is 24.8 Å². The van der Waals surface area contributed by atoms with Crippen molar-refractivity contribution in [2.24, 2.45) is 5.10 Å². The van der Waals surface area contributed by atoms with Gasteiger partial charge in [-0.25, -0.2) is 13.8 Å². The minimum absolute atomic E-state index is 0.115. The van der Waals surface area contributed by atoms with Gasteiger partial charge in [-0.2, -0.15) is 16.9 Å². The van der Waals surface area contributed by atoms with Crippen molar-refractivity contribution in [3.8, 4) is 5.75 Å². The van der Waals surface area contributed by atoms with Gasteiger partial charge in [0.25, 0.3) is 15.9 Å². The van der Waals surface area contributed by atoms with Crippen LogP contribution in [0.15, 0.2) is 82.8 Å². The molecule has 1 fully saturated rings. The van der Waals surface area contributed by atoms with Gasteiger partial charge in [0.1, 0.15) is 18.4 Å². The van der Waals surface area contributed by atoms with Gasteiger partial charge in [0.2, 0.25) is 0 Å². The first-order chi connectivity index (χ1) is 16.8. The third-order valence-corrected chi connectivity index (χ3v) is 8.44. The molecule has 1 aliphatic rings. The van der Waals surface area contributed by atoms with Crippen molar-refractivity contribution in [2.75, 3.05) is 22.4 Å². The molecule has 1 N–H and O–H groups in total. The molecule has 9 heteroatoms. The average Bonchev–Trinajstić information content (AvgIpc) is 2.81. The van der Waals surface area contributed by atoms with Crippen LogP contribution in [0.3, 0.4) is 0 Å². The largest absolute Gasteiger partial charge is 0.489 e. The molecule has 182 valence electrons. The van der Waals surface area contributed by atoms with E-state index in [4.69, 9.17) is 4.74 Å². The Labute approximate surface area is 210 Å². The Morgan fingerprint density at radius 3 is 2.51 bits per heavy atom. The maximum absolute atomic E-state index is 13.5. The number of ether oxygens (including phenoxy) is 1. The molecule has 0 saturated carbocycles. The Balaban J connectivity index is 1.49. The van der Waals surface area contributed by atoms with Crippen LogP contribution >= 0.6 is 11.8 Å². The van der Waals surface area contributed by atoms with E-state index >= 15 is 0 Å². The van der Waals surface area contributed by atoms with Crippen LogP contribution in [-0.4, -0.2) is 44.7 Å². The number of hydrogen-bond acceptors (Lipinski definition) is 6. The van der Waals surface area contributed by atoms with E-state index in [9.17, 15) is 13.2 Å². The lowest BCUT2D eigenvalue weighted by Crippen LogP contribution is -2.40. The molecular weight excluding hydrogens is 482 g/mol. The van der Waals surface area contributed by atoms with Crippen molar-refractivity contribution in [3.05, 3.63) is 89.5 Å². The standard InChI is InChI=1S/C26H27N3O4S2/c1-19-10-12-24(13-11-19)35(31,32)29(25-9-4-3-6-20(25)2)16-26(30)28-27-15-21-7-5-8-22(14-21)33-23-17-34-18-23/h3-15,23H,16-18H2,1-2H3,(H,28,30)/b27-15-. The van der Waals surface area contributed by atoms with Crippen molar-refractivity contribution >= 4 is 39.6 Å². The maximum Gasteiger partial charge on any atom is 0.264 e. The predicted molar refractivity (Wildman–Crippen MR) is 141 cm³/mol. The lowest BCUT2D eigenvalue weighted by atomic mass is 10.2. The Hall–Kier alpha value is -3.30. The minimum atomic E-state index is -3.98. The zero-order chi connectivity index (χ0) is 24.8. The molecule has 0 aromatic heterocycles. The van der Waals surface area contributed by atoms with Gasteiger partial charge in [-0.3, -0.25) is 9.10 Å². The third kappa shape index (κ3) is 6.23. The number of carbonyl (C=O) groups is 1. The topological polar surface area (TPSA) is 88.1 Å². The van der Waals surface area contributed by atoms with Crippen LogP contribution in [0.5, 0.6) is 5.75 Å². The normalized spacial score (nSPS) is 13.9. The fourth-order valence-corrected chi connectivity index (χ4v) is 5.52. The fraction of sp³-hybridized carbons (Fsp3) is 0.231. The molecule has 1 heterocycles. The quantitative estimate of drug-likeness (QED) is 0.346. The molecule has 0 spiro atoms. The average molecular weight is 510 g/mol. The second-order valence-electron chi connectivity index (χ2n) is 8.25.